The molecule has 15 heavy (non-hydrogen) atoms. The molecule has 0 aliphatic rings. The summed E-state index contributed by atoms with van der Waals surface area (Å²) in [5.41, 5.74) is -0.405. The zero-order chi connectivity index (χ0) is 11.9. The Morgan fingerprint density at radius 2 is 2.00 bits per heavy atom. The predicted octanol–water partition coefficient (Wildman–Crippen LogP) is 1.20. The molecule has 4 heteroatoms. The van der Waals surface area contributed by atoms with E-state index < -0.39 is 5.60 Å². The van der Waals surface area contributed by atoms with E-state index in [1.165, 1.54) is 0 Å². The molecule has 0 bridgehead atoms. The lowest BCUT2D eigenvalue weighted by Crippen LogP contribution is -2.34. The van der Waals surface area contributed by atoms with Crippen LogP contribution in [0.3, 0.4) is 0 Å². The van der Waals surface area contributed by atoms with Crippen LogP contribution >= 0.6 is 0 Å². The molecule has 90 valence electrons. The predicted molar refractivity (Wildman–Crippen MR) is 59.8 cm³/mol. The van der Waals surface area contributed by atoms with Crippen molar-refractivity contribution in [3.8, 4) is 0 Å². The van der Waals surface area contributed by atoms with Gasteiger partial charge in [0.1, 0.15) is 5.60 Å². The van der Waals surface area contributed by atoms with Crippen molar-refractivity contribution in [2.45, 2.75) is 33.3 Å². The molecule has 0 heterocycles. The van der Waals surface area contributed by atoms with Gasteiger partial charge in [0.2, 0.25) is 0 Å². The van der Waals surface area contributed by atoms with Gasteiger partial charge in [0.05, 0.1) is 12.5 Å². The highest BCUT2D eigenvalue weighted by molar-refractivity contribution is 5.72. The summed E-state index contributed by atoms with van der Waals surface area (Å²) in [6.45, 7) is 9.50. The molecule has 0 aliphatic heterocycles. The molecule has 0 saturated carbocycles. The Labute approximate surface area is 92.3 Å². The number of methoxy groups -OCH3 is 1. The van der Waals surface area contributed by atoms with Crippen molar-refractivity contribution in [2.75, 3.05) is 26.8 Å². The first-order valence-corrected chi connectivity index (χ1v) is 5.29. The number of carbonyl (C=O) groups is 1. The van der Waals surface area contributed by atoms with Crippen LogP contribution in [0.25, 0.3) is 0 Å². The van der Waals surface area contributed by atoms with Gasteiger partial charge in [-0.25, -0.2) is 0 Å². The van der Waals surface area contributed by atoms with Crippen molar-refractivity contribution in [2.24, 2.45) is 5.92 Å². The van der Waals surface area contributed by atoms with Crippen LogP contribution in [0.2, 0.25) is 0 Å². The molecule has 0 fully saturated rings. The molecule has 0 amide bonds. The number of hydrogen-bond acceptors (Lipinski definition) is 4. The first-order valence-electron chi connectivity index (χ1n) is 5.29. The maximum Gasteiger partial charge on any atom is 0.310 e. The van der Waals surface area contributed by atoms with E-state index in [9.17, 15) is 4.79 Å². The number of ether oxygens (including phenoxy) is 2. The Balaban J connectivity index is 3.70. The van der Waals surface area contributed by atoms with E-state index in [0.717, 1.165) is 6.54 Å². The number of carbonyl (C=O) groups excluding carboxylic acids is 1. The number of nitrogens with one attached hydrogen (secondary N) is 1. The van der Waals surface area contributed by atoms with Gasteiger partial charge in [-0.2, -0.15) is 0 Å². The van der Waals surface area contributed by atoms with Gasteiger partial charge < -0.3 is 14.8 Å². The van der Waals surface area contributed by atoms with E-state index in [1.807, 2.05) is 27.7 Å². The van der Waals surface area contributed by atoms with Crippen LogP contribution in [0.15, 0.2) is 0 Å². The van der Waals surface area contributed by atoms with Crippen molar-refractivity contribution in [1.29, 1.82) is 0 Å². The van der Waals surface area contributed by atoms with Crippen LogP contribution in [0, 0.1) is 5.92 Å². The summed E-state index contributed by atoms with van der Waals surface area (Å²) >= 11 is 0. The fraction of sp³-hybridized carbons (Fsp3) is 0.909. The second-order valence-corrected chi connectivity index (χ2v) is 4.63. The molecule has 0 aromatic carbocycles. The first-order chi connectivity index (χ1) is 6.87. The molecule has 0 rings (SSSR count). The van der Waals surface area contributed by atoms with Gasteiger partial charge in [-0.1, -0.05) is 6.92 Å². The Bertz CT molecular complexity index is 187. The van der Waals surface area contributed by atoms with Crippen molar-refractivity contribution in [1.82, 2.24) is 5.32 Å². The number of hydrogen-bond donors (Lipinski definition) is 1. The monoisotopic (exact) mass is 217 g/mol. The standard InChI is InChI=1S/C11H23NO3/c1-9(8-12-6-7-14-5)10(13)15-11(2,3)4/h9,12H,6-8H2,1-5H3/t9-/m1/s1. The van der Waals surface area contributed by atoms with Crippen LogP contribution < -0.4 is 5.32 Å². The van der Waals surface area contributed by atoms with Gasteiger partial charge in [0, 0.05) is 20.2 Å². The minimum atomic E-state index is -0.405. The molecule has 0 aliphatic carbocycles. The van der Waals surface area contributed by atoms with Gasteiger partial charge in [-0.15, -0.1) is 0 Å². The Kier molecular flexibility index (Phi) is 6.52. The zero-order valence-electron chi connectivity index (χ0n) is 10.4. The van der Waals surface area contributed by atoms with Gasteiger partial charge in [0.25, 0.3) is 0 Å². The third-order valence-corrected chi connectivity index (χ3v) is 1.74. The molecule has 0 radical (unpaired) electrons. The fourth-order valence-electron chi connectivity index (χ4n) is 0.979. The molecule has 0 aromatic rings. The van der Waals surface area contributed by atoms with Crippen LogP contribution in [0.1, 0.15) is 27.7 Å². The third kappa shape index (κ3) is 8.39. The maximum absolute atomic E-state index is 11.5. The van der Waals surface area contributed by atoms with Crippen LogP contribution in [-0.4, -0.2) is 38.4 Å². The SMILES string of the molecule is COCCNC[C@@H](C)C(=O)OC(C)(C)C. The largest absolute Gasteiger partial charge is 0.460 e. The van der Waals surface area contributed by atoms with E-state index in [2.05, 4.69) is 5.32 Å². The second-order valence-electron chi connectivity index (χ2n) is 4.63. The highest BCUT2D eigenvalue weighted by Crippen LogP contribution is 2.10. The van der Waals surface area contributed by atoms with Crippen LogP contribution in [-0.2, 0) is 14.3 Å². The lowest BCUT2D eigenvalue weighted by Gasteiger charge is -2.22. The molecular weight excluding hydrogens is 194 g/mol. The lowest BCUT2D eigenvalue weighted by molar-refractivity contribution is -0.159. The molecule has 1 atom stereocenters. The van der Waals surface area contributed by atoms with Crippen molar-refractivity contribution in [3.63, 3.8) is 0 Å². The Hall–Kier alpha value is -0.610. The molecule has 4 nitrogen and oxygen atoms in total. The fourth-order valence-corrected chi connectivity index (χ4v) is 0.979. The van der Waals surface area contributed by atoms with Gasteiger partial charge in [-0.3, -0.25) is 4.79 Å². The average molecular weight is 217 g/mol. The quantitative estimate of drug-likeness (QED) is 0.536. The van der Waals surface area contributed by atoms with Crippen molar-refractivity contribution >= 4 is 5.97 Å². The van der Waals surface area contributed by atoms with E-state index >= 15 is 0 Å². The highest BCUT2D eigenvalue weighted by Gasteiger charge is 2.20. The average Bonchev–Trinajstić information content (AvgIpc) is 2.09. The van der Waals surface area contributed by atoms with Crippen molar-refractivity contribution < 1.29 is 14.3 Å². The molecule has 0 saturated heterocycles. The normalized spacial score (nSPS) is 13.7. The zero-order valence-corrected chi connectivity index (χ0v) is 10.4. The Morgan fingerprint density at radius 1 is 1.40 bits per heavy atom. The van der Waals surface area contributed by atoms with Gasteiger partial charge in [-0.05, 0) is 20.8 Å². The van der Waals surface area contributed by atoms with Crippen LogP contribution in [0.4, 0.5) is 0 Å². The summed E-state index contributed by atoms with van der Waals surface area (Å²) < 4.78 is 10.1. The number of rotatable bonds is 6. The summed E-state index contributed by atoms with van der Waals surface area (Å²) in [5, 5.41) is 3.13. The Morgan fingerprint density at radius 3 is 2.47 bits per heavy atom. The van der Waals surface area contributed by atoms with Gasteiger partial charge in [0.15, 0.2) is 0 Å². The van der Waals surface area contributed by atoms with Gasteiger partial charge >= 0.3 is 5.97 Å². The molecule has 1 N–H and O–H groups in total. The second kappa shape index (κ2) is 6.80. The third-order valence-electron chi connectivity index (χ3n) is 1.74. The van der Waals surface area contributed by atoms with E-state index in [-0.39, 0.29) is 11.9 Å². The minimum absolute atomic E-state index is 0.124. The van der Waals surface area contributed by atoms with E-state index in [0.29, 0.717) is 13.2 Å². The van der Waals surface area contributed by atoms with E-state index in [1.54, 1.807) is 7.11 Å². The van der Waals surface area contributed by atoms with Crippen LogP contribution in [0.5, 0.6) is 0 Å². The molecule has 0 aromatic heterocycles. The molecular formula is C11H23NO3. The van der Waals surface area contributed by atoms with Crippen molar-refractivity contribution in [3.05, 3.63) is 0 Å². The molecule has 0 unspecified atom stereocenters. The molecule has 0 spiro atoms. The maximum atomic E-state index is 11.5. The summed E-state index contributed by atoms with van der Waals surface area (Å²) in [7, 11) is 1.65. The number of esters is 1. The van der Waals surface area contributed by atoms with E-state index in [4.69, 9.17) is 9.47 Å². The minimum Gasteiger partial charge on any atom is -0.460 e. The topological polar surface area (TPSA) is 47.6 Å². The first kappa shape index (κ1) is 14.4. The summed E-state index contributed by atoms with van der Waals surface area (Å²) in [4.78, 5) is 11.5. The highest BCUT2D eigenvalue weighted by atomic mass is 16.6. The lowest BCUT2D eigenvalue weighted by atomic mass is 10.1. The summed E-state index contributed by atoms with van der Waals surface area (Å²) in [5.74, 6) is -0.284. The summed E-state index contributed by atoms with van der Waals surface area (Å²) in [6, 6.07) is 0. The smallest absolute Gasteiger partial charge is 0.310 e. The summed E-state index contributed by atoms with van der Waals surface area (Å²) in [6.07, 6.45) is 0.